The maximum absolute atomic E-state index is 16.6. The molecule has 1 aromatic heterocycles. The number of para-hydroxylation sites is 1. The molecule has 0 radical (unpaired) electrons. The molecule has 8 heteroatoms. The Morgan fingerprint density at radius 3 is 2.67 bits per heavy atom. The fraction of sp³-hybridized carbons (Fsp3) is 0.548. The van der Waals surface area contributed by atoms with E-state index in [-0.39, 0.29) is 11.8 Å². The van der Waals surface area contributed by atoms with E-state index in [9.17, 15) is 0 Å². The standard InChI is InChI=1S/C31H39FN6O/c1-20-6-3-7-21-8-4-16-38(29(20)21)26-13-12-25-28(27(26)32)34-31(39-17-14-24-9-5-15-36(24)2)35-30(25)37-18-22-10-11-23(19-37)33-22/h3,6-7,12-13,22-24,33H,4-5,8-11,14-19H2,1-2H3/t22?,23?,24-/m0/s1. The van der Waals surface area contributed by atoms with E-state index in [1.54, 1.807) is 0 Å². The number of halogens is 1. The molecule has 4 aliphatic rings. The summed E-state index contributed by atoms with van der Waals surface area (Å²) < 4.78 is 22.7. The van der Waals surface area contributed by atoms with Crippen molar-refractivity contribution in [1.82, 2.24) is 20.2 Å². The topological polar surface area (TPSA) is 56.8 Å². The highest BCUT2D eigenvalue weighted by Crippen LogP contribution is 2.40. The lowest BCUT2D eigenvalue weighted by molar-refractivity contribution is 0.223. The van der Waals surface area contributed by atoms with Crippen LogP contribution in [0.25, 0.3) is 10.9 Å². The van der Waals surface area contributed by atoms with E-state index >= 15 is 4.39 Å². The number of aryl methyl sites for hydroxylation is 2. The number of nitrogens with one attached hydrogen (secondary N) is 1. The summed E-state index contributed by atoms with van der Waals surface area (Å²) in [6.07, 6.45) is 7.73. The van der Waals surface area contributed by atoms with Gasteiger partial charge in [-0.05, 0) is 88.7 Å². The maximum atomic E-state index is 16.6. The van der Waals surface area contributed by atoms with Crippen molar-refractivity contribution < 1.29 is 9.13 Å². The van der Waals surface area contributed by atoms with Crippen LogP contribution in [0.1, 0.15) is 49.7 Å². The third-order valence-corrected chi connectivity index (χ3v) is 9.33. The second kappa shape index (κ2) is 10.2. The summed E-state index contributed by atoms with van der Waals surface area (Å²) in [6, 6.07) is 12.1. The van der Waals surface area contributed by atoms with Crippen LogP contribution in [0.3, 0.4) is 0 Å². The van der Waals surface area contributed by atoms with Crippen molar-refractivity contribution in [3.8, 4) is 6.01 Å². The minimum atomic E-state index is -0.286. The molecule has 3 saturated heterocycles. The Morgan fingerprint density at radius 2 is 1.87 bits per heavy atom. The maximum Gasteiger partial charge on any atom is 0.319 e. The molecule has 2 bridgehead atoms. The molecule has 39 heavy (non-hydrogen) atoms. The Balaban J connectivity index is 1.27. The third kappa shape index (κ3) is 4.61. The summed E-state index contributed by atoms with van der Waals surface area (Å²) in [5, 5.41) is 4.46. The minimum Gasteiger partial charge on any atom is -0.463 e. The van der Waals surface area contributed by atoms with Gasteiger partial charge >= 0.3 is 6.01 Å². The molecular formula is C31H39FN6O. The van der Waals surface area contributed by atoms with Crippen LogP contribution in [-0.2, 0) is 6.42 Å². The molecule has 4 aliphatic heterocycles. The number of hydrogen-bond acceptors (Lipinski definition) is 7. The van der Waals surface area contributed by atoms with Crippen molar-refractivity contribution in [3.63, 3.8) is 0 Å². The number of piperazine rings is 1. The van der Waals surface area contributed by atoms with E-state index in [2.05, 4.69) is 52.2 Å². The van der Waals surface area contributed by atoms with Gasteiger partial charge in [0.2, 0.25) is 0 Å². The first-order valence-electron chi connectivity index (χ1n) is 14.8. The number of likely N-dealkylation sites (tertiary alicyclic amines) is 1. The first kappa shape index (κ1) is 25.0. The lowest BCUT2D eigenvalue weighted by atomic mass is 9.97. The van der Waals surface area contributed by atoms with Gasteiger partial charge < -0.3 is 24.8 Å². The second-order valence-electron chi connectivity index (χ2n) is 11.9. The van der Waals surface area contributed by atoms with Gasteiger partial charge in [-0.15, -0.1) is 0 Å². The molecule has 2 unspecified atom stereocenters. The first-order valence-corrected chi connectivity index (χ1v) is 14.8. The molecule has 0 spiro atoms. The van der Waals surface area contributed by atoms with Crippen LogP contribution in [-0.4, -0.2) is 72.8 Å². The average molecular weight is 531 g/mol. The molecule has 3 aromatic rings. The molecule has 7 nitrogen and oxygen atoms in total. The zero-order chi connectivity index (χ0) is 26.5. The van der Waals surface area contributed by atoms with Crippen molar-refractivity contribution in [1.29, 1.82) is 0 Å². The number of hydrogen-bond donors (Lipinski definition) is 1. The second-order valence-corrected chi connectivity index (χ2v) is 11.9. The number of rotatable bonds is 6. The van der Waals surface area contributed by atoms with Crippen LogP contribution in [0.15, 0.2) is 30.3 Å². The van der Waals surface area contributed by atoms with E-state index in [1.165, 1.54) is 36.8 Å². The number of benzene rings is 2. The van der Waals surface area contributed by atoms with Crippen LogP contribution in [0.4, 0.5) is 21.6 Å². The third-order valence-electron chi connectivity index (χ3n) is 9.33. The Kier molecular flexibility index (Phi) is 6.55. The van der Waals surface area contributed by atoms with Crippen LogP contribution in [0.2, 0.25) is 0 Å². The van der Waals surface area contributed by atoms with Crippen LogP contribution >= 0.6 is 0 Å². The van der Waals surface area contributed by atoms with Crippen molar-refractivity contribution in [2.75, 3.05) is 49.6 Å². The molecule has 3 fully saturated rings. The number of anilines is 3. The van der Waals surface area contributed by atoms with Gasteiger partial charge in [-0.2, -0.15) is 9.97 Å². The Bertz CT molecular complexity index is 1370. The van der Waals surface area contributed by atoms with Gasteiger partial charge in [-0.3, -0.25) is 0 Å². The fourth-order valence-electron chi connectivity index (χ4n) is 7.32. The van der Waals surface area contributed by atoms with Crippen molar-refractivity contribution in [3.05, 3.63) is 47.3 Å². The normalized spacial score (nSPS) is 24.9. The van der Waals surface area contributed by atoms with E-state index in [0.717, 1.165) is 62.3 Å². The molecule has 206 valence electrons. The number of fused-ring (bicyclic) bond motifs is 4. The molecule has 0 aliphatic carbocycles. The Hall–Kier alpha value is -2.97. The highest BCUT2D eigenvalue weighted by molar-refractivity contribution is 5.93. The van der Waals surface area contributed by atoms with E-state index in [1.807, 2.05) is 12.1 Å². The van der Waals surface area contributed by atoms with E-state index in [4.69, 9.17) is 14.7 Å². The molecule has 1 N–H and O–H groups in total. The summed E-state index contributed by atoms with van der Waals surface area (Å²) >= 11 is 0. The Morgan fingerprint density at radius 1 is 1.03 bits per heavy atom. The predicted molar refractivity (Wildman–Crippen MR) is 154 cm³/mol. The molecule has 0 amide bonds. The summed E-state index contributed by atoms with van der Waals surface area (Å²) in [5.41, 5.74) is 4.53. The molecule has 5 heterocycles. The van der Waals surface area contributed by atoms with Gasteiger partial charge in [-0.25, -0.2) is 4.39 Å². The van der Waals surface area contributed by atoms with Gasteiger partial charge in [0.25, 0.3) is 0 Å². The number of nitrogens with zero attached hydrogens (tertiary/aromatic N) is 5. The highest BCUT2D eigenvalue weighted by Gasteiger charge is 2.34. The zero-order valence-electron chi connectivity index (χ0n) is 23.1. The lowest BCUT2D eigenvalue weighted by Crippen LogP contribution is -2.51. The minimum absolute atomic E-state index is 0.286. The van der Waals surface area contributed by atoms with E-state index in [0.29, 0.717) is 35.9 Å². The van der Waals surface area contributed by atoms with Gasteiger partial charge in [0.15, 0.2) is 5.82 Å². The van der Waals surface area contributed by atoms with Crippen molar-refractivity contribution in [2.24, 2.45) is 0 Å². The average Bonchev–Trinajstić information content (AvgIpc) is 3.51. The van der Waals surface area contributed by atoms with Crippen LogP contribution < -0.4 is 19.9 Å². The van der Waals surface area contributed by atoms with Crippen molar-refractivity contribution >= 4 is 28.1 Å². The predicted octanol–water partition coefficient (Wildman–Crippen LogP) is 4.97. The smallest absolute Gasteiger partial charge is 0.319 e. The largest absolute Gasteiger partial charge is 0.463 e. The van der Waals surface area contributed by atoms with Gasteiger partial charge in [0, 0.05) is 48.8 Å². The van der Waals surface area contributed by atoms with Crippen LogP contribution in [0, 0.1) is 12.7 Å². The van der Waals surface area contributed by atoms with Gasteiger partial charge in [0.05, 0.1) is 12.3 Å². The number of aromatic nitrogens is 2. The molecule has 7 rings (SSSR count). The van der Waals surface area contributed by atoms with Gasteiger partial charge in [-0.1, -0.05) is 18.2 Å². The van der Waals surface area contributed by atoms with Crippen LogP contribution in [0.5, 0.6) is 6.01 Å². The molecule has 0 saturated carbocycles. The number of ether oxygens (including phenoxy) is 1. The quantitative estimate of drug-likeness (QED) is 0.483. The van der Waals surface area contributed by atoms with Gasteiger partial charge in [0.1, 0.15) is 11.3 Å². The van der Waals surface area contributed by atoms with Crippen molar-refractivity contribution in [2.45, 2.75) is 70.0 Å². The monoisotopic (exact) mass is 530 g/mol. The molecule has 3 atom stereocenters. The highest BCUT2D eigenvalue weighted by atomic mass is 19.1. The fourth-order valence-corrected chi connectivity index (χ4v) is 7.32. The molecule has 2 aromatic carbocycles. The lowest BCUT2D eigenvalue weighted by Gasteiger charge is -2.35. The summed E-state index contributed by atoms with van der Waals surface area (Å²) in [5.74, 6) is 0.512. The zero-order valence-corrected chi connectivity index (χ0v) is 23.1. The van der Waals surface area contributed by atoms with E-state index < -0.39 is 0 Å². The SMILES string of the molecule is Cc1cccc2c1N(c1ccc3c(N4CC5CCC(C4)N5)nc(OCC[C@@H]4CCCN4C)nc3c1F)CCC2. The first-order chi connectivity index (χ1) is 19.0. The summed E-state index contributed by atoms with van der Waals surface area (Å²) in [7, 11) is 2.18. The Labute approximate surface area is 230 Å². The summed E-state index contributed by atoms with van der Waals surface area (Å²) in [4.78, 5) is 16.5. The summed E-state index contributed by atoms with van der Waals surface area (Å²) in [6.45, 7) is 6.32. The molecular weight excluding hydrogens is 491 g/mol.